The van der Waals surface area contributed by atoms with Crippen LogP contribution in [0.15, 0.2) is 71.2 Å². The first-order chi connectivity index (χ1) is 14.5. The summed E-state index contributed by atoms with van der Waals surface area (Å²) in [6.45, 7) is 0. The molecule has 0 bridgehead atoms. The van der Waals surface area contributed by atoms with E-state index < -0.39 is 26.8 Å². The van der Waals surface area contributed by atoms with Gasteiger partial charge in [-0.25, -0.2) is 0 Å². The van der Waals surface area contributed by atoms with Crippen LogP contribution in [0.5, 0.6) is 0 Å². The number of anilines is 3. The molecular weight excluding hydrogens is 672 g/mol. The monoisotopic (exact) mass is 692 g/mol. The molecule has 2 aliphatic rings. The Morgan fingerprint density at radius 3 is 2.27 bits per heavy atom. The normalized spacial score (nSPS) is 17.1. The van der Waals surface area contributed by atoms with Crippen LogP contribution in [0.3, 0.4) is 0 Å². The molecule has 0 spiro atoms. The van der Waals surface area contributed by atoms with E-state index >= 15 is 0 Å². The summed E-state index contributed by atoms with van der Waals surface area (Å²) in [4.78, 5) is 32.6. The second-order valence-corrected chi connectivity index (χ2v) is 13.1. The van der Waals surface area contributed by atoms with Crippen LogP contribution in [-0.4, -0.2) is 85.4 Å². The van der Waals surface area contributed by atoms with E-state index in [4.69, 9.17) is 0 Å². The van der Waals surface area contributed by atoms with Crippen molar-refractivity contribution in [3.63, 3.8) is 0 Å². The molecular formula is C22H14N3O2SeTe2. The van der Waals surface area contributed by atoms with E-state index in [9.17, 15) is 9.59 Å². The van der Waals surface area contributed by atoms with E-state index in [2.05, 4.69) is 64.5 Å². The van der Waals surface area contributed by atoms with Crippen molar-refractivity contribution >= 4 is 103 Å². The summed E-state index contributed by atoms with van der Waals surface area (Å²) >= 11 is 1.14. The summed E-state index contributed by atoms with van der Waals surface area (Å²) in [5, 5.41) is 0. The van der Waals surface area contributed by atoms with Gasteiger partial charge < -0.3 is 0 Å². The van der Waals surface area contributed by atoms with Crippen molar-refractivity contribution in [3.05, 3.63) is 70.7 Å². The molecule has 0 fully saturated rings. The second-order valence-electron chi connectivity index (χ2n) is 6.67. The molecule has 147 valence electrons. The molecule has 2 aromatic carbocycles. The van der Waals surface area contributed by atoms with Crippen molar-refractivity contribution in [1.82, 2.24) is 4.90 Å². The van der Waals surface area contributed by atoms with Gasteiger partial charge in [0.2, 0.25) is 0 Å². The van der Waals surface area contributed by atoms with Crippen LogP contribution >= 0.6 is 0 Å². The fourth-order valence-corrected chi connectivity index (χ4v) is 8.87. The van der Waals surface area contributed by atoms with E-state index in [1.165, 1.54) is 28.1 Å². The number of benzene rings is 2. The van der Waals surface area contributed by atoms with E-state index in [0.717, 1.165) is 4.44 Å². The minimum atomic E-state index is -0.456. The first kappa shape index (κ1) is 20.3. The van der Waals surface area contributed by atoms with Crippen molar-refractivity contribution in [2.45, 2.75) is 0 Å². The van der Waals surface area contributed by atoms with Gasteiger partial charge in [0.05, 0.1) is 0 Å². The Bertz CT molecular complexity index is 1220. The fraction of sp³-hybridized carbons (Fsp3) is 0.0455. The zero-order valence-electron chi connectivity index (χ0n) is 15.7. The molecule has 0 N–H and O–H groups in total. The number of amides is 2. The van der Waals surface area contributed by atoms with E-state index in [1.807, 2.05) is 6.07 Å². The van der Waals surface area contributed by atoms with Crippen molar-refractivity contribution in [3.8, 4) is 0 Å². The number of likely N-dealkylation sites (N-methyl/N-ethyl adjacent to an activating group) is 1. The maximum absolute atomic E-state index is 12.6. The molecule has 0 aliphatic carbocycles. The average molecular weight is 687 g/mol. The Kier molecular flexibility index (Phi) is 5.50. The van der Waals surface area contributed by atoms with Crippen LogP contribution in [0.1, 0.15) is 4.44 Å². The summed E-state index contributed by atoms with van der Waals surface area (Å²) in [7, 11) is 1.65. The van der Waals surface area contributed by atoms with Crippen molar-refractivity contribution < 1.29 is 9.59 Å². The van der Waals surface area contributed by atoms with Gasteiger partial charge in [-0.2, -0.15) is 0 Å². The molecule has 3 aromatic rings. The molecule has 2 amide bonds. The average Bonchev–Trinajstić information content (AvgIpc) is 3.21. The van der Waals surface area contributed by atoms with Gasteiger partial charge in [-0.1, -0.05) is 0 Å². The number of carbonyl (C=O) groups is 2. The summed E-state index contributed by atoms with van der Waals surface area (Å²) in [5.74, 6) is -0.748. The third-order valence-corrected chi connectivity index (χ3v) is 11.2. The number of amidine groups is 1. The number of hydrogen-bond acceptors (Lipinski definition) is 3. The van der Waals surface area contributed by atoms with Crippen LogP contribution in [0.2, 0.25) is 0 Å². The Morgan fingerprint density at radius 1 is 0.967 bits per heavy atom. The Labute approximate surface area is 203 Å². The molecule has 5 nitrogen and oxygen atoms in total. The van der Waals surface area contributed by atoms with Crippen LogP contribution in [0.4, 0.5) is 15.9 Å². The third-order valence-electron chi connectivity index (χ3n) is 4.80. The Hall–Kier alpha value is -1.63. The van der Waals surface area contributed by atoms with Gasteiger partial charge >= 0.3 is 205 Å². The molecule has 1 radical (unpaired) electrons. The van der Waals surface area contributed by atoms with Crippen LogP contribution in [0, 0.1) is 0 Å². The first-order valence-corrected chi connectivity index (χ1v) is 14.3. The summed E-state index contributed by atoms with van der Waals surface area (Å²) in [6, 6.07) is 21.4. The number of carbonyl (C=O) groups excluding carboxylic acids is 2. The van der Waals surface area contributed by atoms with Gasteiger partial charge in [0.1, 0.15) is 0 Å². The SMILES string of the molecule is CN1C(=O)/C(=C/c2ccc(N3c4ccccc4[Te]c4ccccc43)[se]2)C(=O)N=C1[Te]. The fourth-order valence-electron chi connectivity index (χ4n) is 3.33. The van der Waals surface area contributed by atoms with Crippen molar-refractivity contribution in [2.24, 2.45) is 4.99 Å². The van der Waals surface area contributed by atoms with Gasteiger partial charge in [0.15, 0.2) is 0 Å². The molecule has 1 aromatic heterocycles. The van der Waals surface area contributed by atoms with Gasteiger partial charge in [-0.3, -0.25) is 0 Å². The molecule has 8 heteroatoms. The molecule has 30 heavy (non-hydrogen) atoms. The van der Waals surface area contributed by atoms with E-state index in [0.29, 0.717) is 3.88 Å². The van der Waals surface area contributed by atoms with Gasteiger partial charge in [-0.15, -0.1) is 0 Å². The number of para-hydroxylation sites is 2. The van der Waals surface area contributed by atoms with Gasteiger partial charge in [-0.05, 0) is 0 Å². The first-order valence-electron chi connectivity index (χ1n) is 9.08. The minimum absolute atomic E-state index is 0.0267. The Morgan fingerprint density at radius 2 is 1.60 bits per heavy atom. The van der Waals surface area contributed by atoms with E-state index in [-0.39, 0.29) is 26.0 Å². The quantitative estimate of drug-likeness (QED) is 0.181. The predicted molar refractivity (Wildman–Crippen MR) is 122 cm³/mol. The third kappa shape index (κ3) is 3.53. The number of rotatable bonds is 2. The number of hydrogen-bond donors (Lipinski definition) is 0. The molecule has 5 rings (SSSR count). The number of aliphatic imine (C=N–C) groups is 1. The number of fused-ring (bicyclic) bond motifs is 2. The summed E-state index contributed by atoms with van der Waals surface area (Å²) in [6.07, 6.45) is 1.72. The molecule has 0 saturated heterocycles. The van der Waals surface area contributed by atoms with Crippen LogP contribution in [0.25, 0.3) is 6.08 Å². The molecule has 0 atom stereocenters. The standard InChI is InChI=1S/C22H14N3O2SeTe2/c1-24-21(27)14(20(26)23-22(24)29)12-13-10-11-19(28-13)25-15-6-2-4-8-17(15)30-18-9-5-3-7-16(18)25/h2-12H,1H3/b14-12+. The zero-order valence-corrected chi connectivity index (χ0v) is 22.1. The van der Waals surface area contributed by atoms with Gasteiger partial charge in [0, 0.05) is 0 Å². The zero-order chi connectivity index (χ0) is 20.8. The van der Waals surface area contributed by atoms with Crippen LogP contribution < -0.4 is 12.1 Å². The molecule has 3 heterocycles. The van der Waals surface area contributed by atoms with Crippen LogP contribution in [-0.2, 0) is 9.59 Å². The maximum atomic E-state index is 12.6. The van der Waals surface area contributed by atoms with Crippen molar-refractivity contribution in [1.29, 1.82) is 0 Å². The Balaban J connectivity index is 1.57. The second kappa shape index (κ2) is 8.13. The topological polar surface area (TPSA) is 53.0 Å². The molecule has 0 saturated carbocycles. The number of nitrogens with zero attached hydrogens (tertiary/aromatic N) is 3. The van der Waals surface area contributed by atoms with Gasteiger partial charge in [0.25, 0.3) is 0 Å². The summed E-state index contributed by atoms with van der Waals surface area (Å²) < 4.78 is 5.48. The van der Waals surface area contributed by atoms with E-state index in [1.54, 1.807) is 35.4 Å². The summed E-state index contributed by atoms with van der Waals surface area (Å²) in [5.41, 5.74) is 2.64. The molecule has 2 aliphatic heterocycles. The van der Waals surface area contributed by atoms with Crippen molar-refractivity contribution in [2.75, 3.05) is 11.9 Å². The predicted octanol–water partition coefficient (Wildman–Crippen LogP) is 1.09. The molecule has 0 unspecified atom stereocenters.